The second-order valence-corrected chi connectivity index (χ2v) is 5.94. The number of hydrogen-bond acceptors (Lipinski definition) is 5. The van der Waals surface area contributed by atoms with Gasteiger partial charge in [0.25, 0.3) is 5.91 Å². The van der Waals surface area contributed by atoms with Crippen LogP contribution in [0.1, 0.15) is 15.9 Å². The van der Waals surface area contributed by atoms with Gasteiger partial charge in [0.1, 0.15) is 17.3 Å². The fourth-order valence-corrected chi connectivity index (χ4v) is 2.49. The molecule has 3 aromatic rings. The fraction of sp³-hybridized carbons (Fsp3) is 0.143. The predicted molar refractivity (Wildman–Crippen MR) is 106 cm³/mol. The third-order valence-electron chi connectivity index (χ3n) is 4.01. The Hall–Kier alpha value is -3.54. The van der Waals surface area contributed by atoms with Crippen molar-refractivity contribution >= 4 is 23.1 Å². The Balaban J connectivity index is 1.68. The molecule has 0 unspecified atom stereocenters. The number of carbonyl (C=O) groups excluding carboxylic acids is 1. The van der Waals surface area contributed by atoms with Crippen molar-refractivity contribution in [3.8, 4) is 11.5 Å². The van der Waals surface area contributed by atoms with Gasteiger partial charge in [-0.05, 0) is 43.3 Å². The van der Waals surface area contributed by atoms with Crippen LogP contribution in [0.5, 0.6) is 11.5 Å². The molecule has 138 valence electrons. The lowest BCUT2D eigenvalue weighted by molar-refractivity contribution is 0.102. The van der Waals surface area contributed by atoms with Crippen molar-refractivity contribution in [3.05, 3.63) is 71.9 Å². The lowest BCUT2D eigenvalue weighted by Crippen LogP contribution is -2.12. The molecule has 27 heavy (non-hydrogen) atoms. The van der Waals surface area contributed by atoms with Gasteiger partial charge in [0.15, 0.2) is 0 Å². The Morgan fingerprint density at radius 1 is 0.963 bits per heavy atom. The minimum absolute atomic E-state index is 0.194. The van der Waals surface area contributed by atoms with E-state index in [1.807, 2.05) is 37.3 Å². The zero-order valence-electron chi connectivity index (χ0n) is 15.4. The number of amides is 1. The number of pyridine rings is 1. The Labute approximate surface area is 158 Å². The van der Waals surface area contributed by atoms with Crippen molar-refractivity contribution in [2.75, 3.05) is 24.9 Å². The molecule has 0 saturated carbocycles. The number of aromatic nitrogens is 1. The highest BCUT2D eigenvalue weighted by molar-refractivity contribution is 6.03. The SMILES string of the molecule is COc1ccc(Nc2ccc(NC(=O)c3ccc(C)cc3)nc2)c(OC)c1. The molecule has 3 rings (SSSR count). The zero-order valence-corrected chi connectivity index (χ0v) is 15.4. The Kier molecular flexibility index (Phi) is 5.56. The topological polar surface area (TPSA) is 72.5 Å². The van der Waals surface area contributed by atoms with Crippen molar-refractivity contribution in [2.24, 2.45) is 0 Å². The highest BCUT2D eigenvalue weighted by atomic mass is 16.5. The third kappa shape index (κ3) is 4.55. The number of nitrogens with zero attached hydrogens (tertiary/aromatic N) is 1. The van der Waals surface area contributed by atoms with Crippen LogP contribution in [-0.2, 0) is 0 Å². The summed E-state index contributed by atoms with van der Waals surface area (Å²) in [5.41, 5.74) is 3.25. The number of benzene rings is 2. The maximum Gasteiger partial charge on any atom is 0.256 e. The number of nitrogens with one attached hydrogen (secondary N) is 2. The largest absolute Gasteiger partial charge is 0.497 e. The molecule has 0 aliphatic rings. The fourth-order valence-electron chi connectivity index (χ4n) is 2.49. The summed E-state index contributed by atoms with van der Waals surface area (Å²) < 4.78 is 10.6. The normalized spacial score (nSPS) is 10.2. The molecule has 0 radical (unpaired) electrons. The molecule has 1 amide bonds. The van der Waals surface area contributed by atoms with E-state index >= 15 is 0 Å². The molecule has 1 heterocycles. The van der Waals surface area contributed by atoms with E-state index in [0.29, 0.717) is 22.9 Å². The average Bonchev–Trinajstić information content (AvgIpc) is 2.70. The van der Waals surface area contributed by atoms with Gasteiger partial charge in [-0.2, -0.15) is 0 Å². The first-order chi connectivity index (χ1) is 13.1. The smallest absolute Gasteiger partial charge is 0.256 e. The van der Waals surface area contributed by atoms with Crippen LogP contribution in [-0.4, -0.2) is 25.1 Å². The highest BCUT2D eigenvalue weighted by Gasteiger charge is 2.08. The van der Waals surface area contributed by atoms with Crippen LogP contribution in [0.15, 0.2) is 60.8 Å². The van der Waals surface area contributed by atoms with Gasteiger partial charge in [-0.1, -0.05) is 17.7 Å². The number of ether oxygens (including phenoxy) is 2. The zero-order chi connectivity index (χ0) is 19.2. The summed E-state index contributed by atoms with van der Waals surface area (Å²) in [7, 11) is 3.21. The standard InChI is InChI=1S/C21H21N3O3/c1-14-4-6-15(7-5-14)21(25)24-20-11-8-16(13-22-20)23-18-10-9-17(26-2)12-19(18)27-3/h4-13,23H,1-3H3,(H,22,24,25). The molecule has 1 aromatic heterocycles. The van der Waals surface area contributed by atoms with Crippen LogP contribution >= 0.6 is 0 Å². The maximum absolute atomic E-state index is 12.3. The predicted octanol–water partition coefficient (Wildman–Crippen LogP) is 4.40. The van der Waals surface area contributed by atoms with Gasteiger partial charge in [-0.3, -0.25) is 4.79 Å². The molecular weight excluding hydrogens is 342 g/mol. The lowest BCUT2D eigenvalue weighted by Gasteiger charge is -2.12. The molecule has 0 aliphatic carbocycles. The number of rotatable bonds is 6. The van der Waals surface area contributed by atoms with E-state index in [1.54, 1.807) is 44.7 Å². The van der Waals surface area contributed by atoms with Crippen LogP contribution in [0.3, 0.4) is 0 Å². The molecule has 0 bridgehead atoms. The second-order valence-electron chi connectivity index (χ2n) is 5.94. The van der Waals surface area contributed by atoms with Crippen molar-refractivity contribution in [2.45, 2.75) is 6.92 Å². The summed E-state index contributed by atoms with van der Waals surface area (Å²) in [5.74, 6) is 1.66. The summed E-state index contributed by atoms with van der Waals surface area (Å²) in [6.45, 7) is 1.98. The number of hydrogen-bond donors (Lipinski definition) is 2. The Morgan fingerprint density at radius 3 is 2.37 bits per heavy atom. The van der Waals surface area contributed by atoms with Crippen LogP contribution in [0.25, 0.3) is 0 Å². The van der Waals surface area contributed by atoms with Crippen LogP contribution in [0.4, 0.5) is 17.2 Å². The molecule has 0 fully saturated rings. The van der Waals surface area contributed by atoms with E-state index in [1.165, 1.54) is 0 Å². The molecule has 0 aliphatic heterocycles. The second kappa shape index (κ2) is 8.23. The van der Waals surface area contributed by atoms with Gasteiger partial charge in [-0.15, -0.1) is 0 Å². The summed E-state index contributed by atoms with van der Waals surface area (Å²) in [4.78, 5) is 16.5. The number of aryl methyl sites for hydroxylation is 1. The quantitative estimate of drug-likeness (QED) is 0.679. The van der Waals surface area contributed by atoms with E-state index in [0.717, 1.165) is 16.9 Å². The Bertz CT molecular complexity index is 922. The average molecular weight is 363 g/mol. The summed E-state index contributed by atoms with van der Waals surface area (Å²) >= 11 is 0. The molecular formula is C21H21N3O3. The monoisotopic (exact) mass is 363 g/mol. The number of methoxy groups -OCH3 is 2. The minimum atomic E-state index is -0.194. The van der Waals surface area contributed by atoms with E-state index in [-0.39, 0.29) is 5.91 Å². The van der Waals surface area contributed by atoms with Gasteiger partial charge < -0.3 is 20.1 Å². The van der Waals surface area contributed by atoms with E-state index in [2.05, 4.69) is 15.6 Å². The summed E-state index contributed by atoms with van der Waals surface area (Å²) in [6, 6.07) is 16.5. The molecule has 6 nitrogen and oxygen atoms in total. The van der Waals surface area contributed by atoms with Crippen molar-refractivity contribution < 1.29 is 14.3 Å². The van der Waals surface area contributed by atoms with E-state index < -0.39 is 0 Å². The number of anilines is 3. The first-order valence-electron chi connectivity index (χ1n) is 8.42. The molecule has 2 aromatic carbocycles. The summed E-state index contributed by atoms with van der Waals surface area (Å²) in [6.07, 6.45) is 1.65. The van der Waals surface area contributed by atoms with E-state index in [4.69, 9.17) is 9.47 Å². The van der Waals surface area contributed by atoms with Gasteiger partial charge in [0, 0.05) is 11.6 Å². The van der Waals surface area contributed by atoms with Crippen molar-refractivity contribution in [1.29, 1.82) is 0 Å². The first-order valence-corrected chi connectivity index (χ1v) is 8.42. The maximum atomic E-state index is 12.3. The number of carbonyl (C=O) groups is 1. The van der Waals surface area contributed by atoms with Gasteiger partial charge >= 0.3 is 0 Å². The van der Waals surface area contributed by atoms with Crippen LogP contribution in [0, 0.1) is 6.92 Å². The highest BCUT2D eigenvalue weighted by Crippen LogP contribution is 2.31. The molecule has 0 atom stereocenters. The first kappa shape index (κ1) is 18.3. The molecule has 0 saturated heterocycles. The van der Waals surface area contributed by atoms with Crippen molar-refractivity contribution in [1.82, 2.24) is 4.98 Å². The van der Waals surface area contributed by atoms with Crippen LogP contribution < -0.4 is 20.1 Å². The molecule has 6 heteroatoms. The van der Waals surface area contributed by atoms with Gasteiger partial charge in [0.2, 0.25) is 0 Å². The summed E-state index contributed by atoms with van der Waals surface area (Å²) in [5, 5.41) is 6.02. The van der Waals surface area contributed by atoms with Crippen LogP contribution in [0.2, 0.25) is 0 Å². The minimum Gasteiger partial charge on any atom is -0.497 e. The Morgan fingerprint density at radius 2 is 1.74 bits per heavy atom. The molecule has 0 spiro atoms. The van der Waals surface area contributed by atoms with E-state index in [9.17, 15) is 4.79 Å². The van der Waals surface area contributed by atoms with Gasteiger partial charge in [-0.25, -0.2) is 4.98 Å². The third-order valence-corrected chi connectivity index (χ3v) is 4.01. The van der Waals surface area contributed by atoms with Gasteiger partial charge in [0.05, 0.1) is 31.8 Å². The van der Waals surface area contributed by atoms with Crippen molar-refractivity contribution in [3.63, 3.8) is 0 Å². The lowest BCUT2D eigenvalue weighted by atomic mass is 10.1. The molecule has 2 N–H and O–H groups in total.